The Kier molecular flexibility index (Phi) is 6.68. The van der Waals surface area contributed by atoms with Crippen LogP contribution in [0.2, 0.25) is 0 Å². The molecule has 0 aliphatic rings. The van der Waals surface area contributed by atoms with Gasteiger partial charge in [-0.3, -0.25) is 4.79 Å². The van der Waals surface area contributed by atoms with Crippen LogP contribution in [-0.2, 0) is 11.2 Å². The maximum absolute atomic E-state index is 11.6. The molecular weight excluding hydrogens is 242 g/mol. The summed E-state index contributed by atoms with van der Waals surface area (Å²) in [4.78, 5) is 11.6. The maximum Gasteiger partial charge on any atom is 0.251 e. The van der Waals surface area contributed by atoms with Crippen molar-refractivity contribution in [3.05, 3.63) is 47.2 Å². The number of hydrogen-bond donors (Lipinski definition) is 2. The molecule has 1 aromatic rings. The fraction of sp³-hybridized carbons (Fsp3) is 0.400. The molecule has 0 saturated carbocycles. The van der Waals surface area contributed by atoms with E-state index in [1.54, 1.807) is 25.5 Å². The van der Waals surface area contributed by atoms with E-state index in [1.165, 1.54) is 5.57 Å². The molecule has 4 nitrogen and oxygen atoms in total. The van der Waals surface area contributed by atoms with Crippen LogP contribution in [0.5, 0.6) is 0 Å². The Morgan fingerprint density at radius 3 is 2.58 bits per heavy atom. The van der Waals surface area contributed by atoms with Crippen LogP contribution in [0.25, 0.3) is 0 Å². The summed E-state index contributed by atoms with van der Waals surface area (Å²) in [6.45, 7) is 2.31. The molecule has 1 amide bonds. The minimum atomic E-state index is -0.163. The predicted octanol–water partition coefficient (Wildman–Crippen LogP) is 1.89. The second kappa shape index (κ2) is 8.32. The number of rotatable bonds is 7. The molecule has 104 valence electrons. The molecule has 0 spiro atoms. The van der Waals surface area contributed by atoms with Crippen LogP contribution in [0.1, 0.15) is 29.3 Å². The Labute approximate surface area is 114 Å². The first-order chi connectivity index (χ1) is 9.21. The fourth-order valence-electron chi connectivity index (χ4n) is 1.72. The molecule has 0 aliphatic carbocycles. The molecule has 0 atom stereocenters. The van der Waals surface area contributed by atoms with Crippen LogP contribution < -0.4 is 5.32 Å². The molecule has 1 rings (SSSR count). The summed E-state index contributed by atoms with van der Waals surface area (Å²) in [5.41, 5.74) is 2.95. The van der Waals surface area contributed by atoms with Crippen molar-refractivity contribution >= 4 is 5.91 Å². The minimum absolute atomic E-state index is 0.0501. The van der Waals surface area contributed by atoms with Crippen LogP contribution in [0.4, 0.5) is 0 Å². The van der Waals surface area contributed by atoms with E-state index in [2.05, 4.69) is 12.2 Å². The van der Waals surface area contributed by atoms with E-state index in [0.717, 1.165) is 18.4 Å². The standard InChI is InChI=1S/C15H21NO3/c1-3-12(11-19-2)10-13-4-6-14(7-5-13)15(18)16-8-9-17/h4-7,11,17H,3,8-10H2,1-2H3,(H,16,18)/b12-11+. The normalized spacial score (nSPS) is 11.2. The summed E-state index contributed by atoms with van der Waals surface area (Å²) >= 11 is 0. The molecule has 19 heavy (non-hydrogen) atoms. The van der Waals surface area contributed by atoms with E-state index < -0.39 is 0 Å². The molecule has 1 aromatic carbocycles. The monoisotopic (exact) mass is 263 g/mol. The van der Waals surface area contributed by atoms with Gasteiger partial charge in [0, 0.05) is 12.1 Å². The number of hydrogen-bond acceptors (Lipinski definition) is 3. The van der Waals surface area contributed by atoms with Crippen LogP contribution in [0.3, 0.4) is 0 Å². The number of methoxy groups -OCH3 is 1. The number of allylic oxidation sites excluding steroid dienone is 1. The predicted molar refractivity (Wildman–Crippen MR) is 74.9 cm³/mol. The summed E-state index contributed by atoms with van der Waals surface area (Å²) < 4.78 is 5.02. The van der Waals surface area contributed by atoms with Gasteiger partial charge in [-0.15, -0.1) is 0 Å². The molecular formula is C15H21NO3. The van der Waals surface area contributed by atoms with Crippen molar-refractivity contribution in [3.63, 3.8) is 0 Å². The van der Waals surface area contributed by atoms with Gasteiger partial charge in [-0.1, -0.05) is 19.1 Å². The zero-order chi connectivity index (χ0) is 14.1. The molecule has 2 N–H and O–H groups in total. The van der Waals surface area contributed by atoms with Gasteiger partial charge in [0.05, 0.1) is 20.0 Å². The van der Waals surface area contributed by atoms with E-state index in [1.807, 2.05) is 12.1 Å². The van der Waals surface area contributed by atoms with Crippen LogP contribution in [0, 0.1) is 0 Å². The zero-order valence-electron chi connectivity index (χ0n) is 11.5. The number of amides is 1. The third kappa shape index (κ3) is 5.14. The van der Waals surface area contributed by atoms with Gasteiger partial charge in [-0.2, -0.15) is 0 Å². The number of carbonyl (C=O) groups is 1. The van der Waals surface area contributed by atoms with Crippen molar-refractivity contribution in [3.8, 4) is 0 Å². The lowest BCUT2D eigenvalue weighted by Crippen LogP contribution is -2.26. The van der Waals surface area contributed by atoms with Crippen molar-refractivity contribution in [1.82, 2.24) is 5.32 Å². The largest absolute Gasteiger partial charge is 0.504 e. The number of carbonyl (C=O) groups excluding carboxylic acids is 1. The van der Waals surface area contributed by atoms with E-state index in [4.69, 9.17) is 9.84 Å². The molecule has 0 radical (unpaired) electrons. The number of ether oxygens (including phenoxy) is 1. The average molecular weight is 263 g/mol. The highest BCUT2D eigenvalue weighted by Gasteiger charge is 2.05. The van der Waals surface area contributed by atoms with Gasteiger partial charge >= 0.3 is 0 Å². The Morgan fingerprint density at radius 2 is 2.05 bits per heavy atom. The number of aliphatic hydroxyl groups excluding tert-OH is 1. The van der Waals surface area contributed by atoms with Crippen molar-refractivity contribution in [2.75, 3.05) is 20.3 Å². The van der Waals surface area contributed by atoms with Crippen molar-refractivity contribution in [2.24, 2.45) is 0 Å². The van der Waals surface area contributed by atoms with E-state index >= 15 is 0 Å². The Morgan fingerprint density at radius 1 is 1.37 bits per heavy atom. The highest BCUT2D eigenvalue weighted by atomic mass is 16.5. The zero-order valence-corrected chi connectivity index (χ0v) is 11.5. The van der Waals surface area contributed by atoms with Crippen LogP contribution in [-0.4, -0.2) is 31.3 Å². The molecule has 0 heterocycles. The van der Waals surface area contributed by atoms with Gasteiger partial charge in [0.1, 0.15) is 0 Å². The molecule has 0 fully saturated rings. The first kappa shape index (κ1) is 15.2. The summed E-state index contributed by atoms with van der Waals surface area (Å²) in [7, 11) is 1.64. The average Bonchev–Trinajstić information content (AvgIpc) is 2.45. The second-order valence-corrected chi connectivity index (χ2v) is 4.22. The second-order valence-electron chi connectivity index (χ2n) is 4.22. The van der Waals surface area contributed by atoms with E-state index in [9.17, 15) is 4.79 Å². The van der Waals surface area contributed by atoms with Gasteiger partial charge in [-0.25, -0.2) is 0 Å². The first-order valence-corrected chi connectivity index (χ1v) is 6.40. The van der Waals surface area contributed by atoms with Crippen molar-refractivity contribution in [2.45, 2.75) is 19.8 Å². The Hall–Kier alpha value is -1.81. The lowest BCUT2D eigenvalue weighted by atomic mass is 10.0. The molecule has 0 bridgehead atoms. The molecule has 0 aliphatic heterocycles. The Bertz CT molecular complexity index is 424. The highest BCUT2D eigenvalue weighted by molar-refractivity contribution is 5.94. The lowest BCUT2D eigenvalue weighted by molar-refractivity contribution is 0.0945. The highest BCUT2D eigenvalue weighted by Crippen LogP contribution is 2.12. The fourth-order valence-corrected chi connectivity index (χ4v) is 1.72. The molecule has 0 unspecified atom stereocenters. The Balaban J connectivity index is 2.65. The summed E-state index contributed by atoms with van der Waals surface area (Å²) in [6, 6.07) is 7.46. The lowest BCUT2D eigenvalue weighted by Gasteiger charge is -2.07. The third-order valence-electron chi connectivity index (χ3n) is 2.78. The quantitative estimate of drug-likeness (QED) is 0.739. The van der Waals surface area contributed by atoms with Gasteiger partial charge < -0.3 is 15.2 Å². The molecule has 0 saturated heterocycles. The van der Waals surface area contributed by atoms with Crippen molar-refractivity contribution < 1.29 is 14.6 Å². The summed E-state index contributed by atoms with van der Waals surface area (Å²) in [6.07, 6.45) is 3.53. The maximum atomic E-state index is 11.6. The van der Waals surface area contributed by atoms with Crippen LogP contribution >= 0.6 is 0 Å². The van der Waals surface area contributed by atoms with Gasteiger partial charge in [0.2, 0.25) is 0 Å². The summed E-state index contributed by atoms with van der Waals surface area (Å²) in [5, 5.41) is 11.3. The SMILES string of the molecule is CC/C(=C\OC)Cc1ccc(C(=O)NCCO)cc1. The number of benzene rings is 1. The topological polar surface area (TPSA) is 58.6 Å². The van der Waals surface area contributed by atoms with Crippen molar-refractivity contribution in [1.29, 1.82) is 0 Å². The van der Waals surface area contributed by atoms with E-state index in [-0.39, 0.29) is 19.1 Å². The van der Waals surface area contributed by atoms with Crippen LogP contribution in [0.15, 0.2) is 36.1 Å². The number of nitrogens with one attached hydrogen (secondary N) is 1. The molecule has 0 aromatic heterocycles. The molecule has 4 heteroatoms. The first-order valence-electron chi connectivity index (χ1n) is 6.40. The minimum Gasteiger partial charge on any atom is -0.504 e. The van der Waals surface area contributed by atoms with Gasteiger partial charge in [0.25, 0.3) is 5.91 Å². The van der Waals surface area contributed by atoms with Gasteiger partial charge in [-0.05, 0) is 36.1 Å². The van der Waals surface area contributed by atoms with Gasteiger partial charge in [0.15, 0.2) is 0 Å². The smallest absolute Gasteiger partial charge is 0.251 e. The number of aliphatic hydroxyl groups is 1. The summed E-state index contributed by atoms with van der Waals surface area (Å²) in [5.74, 6) is -0.163. The van der Waals surface area contributed by atoms with E-state index in [0.29, 0.717) is 5.56 Å². The third-order valence-corrected chi connectivity index (χ3v) is 2.78.